The standard InChI is InChI=1S/C30H58N16O7/c1-18(48)43-22(8-2-3-11-31)27(53)46-21(10-6-14-40-30(36)37)26(52)42-16-24(50)45-20(9-5-13-39-29(34)35)25(51)41-15-23(49)44-19(17-47)7-4-12-38-28(32)33/h17,19-22H,2-16,31H2,1H3,(H,41,51)(H,42,52)(H,43,48)(H,44,49)(H,45,50)(H,46,53)(H4,32,33,38)(H4,34,35,39)(H4,36,37,40)/t19-,20-,21-,22-/m0/s1. The van der Waals surface area contributed by atoms with Crippen LogP contribution in [0.15, 0.2) is 15.0 Å². The lowest BCUT2D eigenvalue weighted by Crippen LogP contribution is -2.55. The van der Waals surface area contributed by atoms with E-state index in [9.17, 15) is 33.6 Å². The van der Waals surface area contributed by atoms with Crippen LogP contribution in [-0.4, -0.2) is 123 Å². The van der Waals surface area contributed by atoms with Crippen LogP contribution in [0.5, 0.6) is 0 Å². The lowest BCUT2D eigenvalue weighted by Gasteiger charge is -2.23. The Balaban J connectivity index is 5.56. The summed E-state index contributed by atoms with van der Waals surface area (Å²) in [5.74, 6) is -4.38. The molecule has 0 saturated carbocycles. The number of amides is 6. The number of unbranched alkanes of at least 4 members (excludes halogenated alkanes) is 1. The predicted octanol–water partition coefficient (Wildman–Crippen LogP) is -6.33. The molecule has 23 nitrogen and oxygen atoms in total. The van der Waals surface area contributed by atoms with Gasteiger partial charge in [-0.25, -0.2) is 0 Å². The van der Waals surface area contributed by atoms with Gasteiger partial charge >= 0.3 is 0 Å². The molecule has 0 aromatic carbocycles. The number of hydrogen-bond donors (Lipinski definition) is 13. The molecule has 0 saturated heterocycles. The number of rotatable bonds is 28. The van der Waals surface area contributed by atoms with Gasteiger partial charge in [-0.15, -0.1) is 0 Å². The summed E-state index contributed by atoms with van der Waals surface area (Å²) in [6.45, 7) is 1.08. The van der Waals surface area contributed by atoms with Gasteiger partial charge in [0.05, 0.1) is 19.1 Å². The number of carbonyl (C=O) groups is 7. The highest BCUT2D eigenvalue weighted by atomic mass is 16.2. The molecule has 0 aliphatic heterocycles. The third-order valence-electron chi connectivity index (χ3n) is 7.14. The van der Waals surface area contributed by atoms with Crippen molar-refractivity contribution in [2.75, 3.05) is 39.3 Å². The maximum atomic E-state index is 13.2. The molecular formula is C30H58N16O7. The van der Waals surface area contributed by atoms with Gasteiger partial charge in [0.1, 0.15) is 24.4 Å². The average Bonchev–Trinajstić information content (AvgIpc) is 3.08. The maximum absolute atomic E-state index is 13.2. The molecule has 53 heavy (non-hydrogen) atoms. The van der Waals surface area contributed by atoms with Crippen molar-refractivity contribution < 1.29 is 33.6 Å². The Labute approximate surface area is 308 Å². The van der Waals surface area contributed by atoms with Gasteiger partial charge in [0.25, 0.3) is 0 Å². The van der Waals surface area contributed by atoms with Crippen LogP contribution in [0.25, 0.3) is 0 Å². The number of carbonyl (C=O) groups excluding carboxylic acids is 7. The first-order chi connectivity index (χ1) is 25.1. The summed E-state index contributed by atoms with van der Waals surface area (Å²) in [5, 5.41) is 15.0. The van der Waals surface area contributed by atoms with Crippen molar-refractivity contribution in [2.45, 2.75) is 88.9 Å². The number of guanidine groups is 3. The summed E-state index contributed by atoms with van der Waals surface area (Å²) in [7, 11) is 0. The minimum absolute atomic E-state index is 0.0455. The van der Waals surface area contributed by atoms with Gasteiger partial charge in [-0.1, -0.05) is 0 Å². The second kappa shape index (κ2) is 27.9. The lowest BCUT2D eigenvalue weighted by atomic mass is 10.1. The van der Waals surface area contributed by atoms with Gasteiger partial charge < -0.3 is 76.8 Å². The van der Waals surface area contributed by atoms with Crippen LogP contribution >= 0.6 is 0 Å². The summed E-state index contributed by atoms with van der Waals surface area (Å²) in [4.78, 5) is 99.4. The van der Waals surface area contributed by atoms with Gasteiger partial charge in [0.2, 0.25) is 35.4 Å². The number of nitrogens with one attached hydrogen (secondary N) is 6. The molecule has 23 heteroatoms. The van der Waals surface area contributed by atoms with Crippen LogP contribution in [0.3, 0.4) is 0 Å². The highest BCUT2D eigenvalue weighted by Crippen LogP contribution is 2.05. The van der Waals surface area contributed by atoms with Gasteiger partial charge in [-0.3, -0.25) is 43.7 Å². The van der Waals surface area contributed by atoms with E-state index in [1.165, 1.54) is 6.92 Å². The van der Waals surface area contributed by atoms with E-state index in [0.29, 0.717) is 32.1 Å². The summed E-state index contributed by atoms with van der Waals surface area (Å²) in [6.07, 6.45) is 3.29. The average molecular weight is 755 g/mol. The Bertz CT molecular complexity index is 1280. The molecule has 20 N–H and O–H groups in total. The molecule has 0 unspecified atom stereocenters. The Morgan fingerprint density at radius 2 is 0.962 bits per heavy atom. The Kier molecular flexibility index (Phi) is 24.9. The van der Waals surface area contributed by atoms with E-state index < -0.39 is 72.7 Å². The third kappa shape index (κ3) is 25.0. The fraction of sp³-hybridized carbons (Fsp3) is 0.667. The molecular weight excluding hydrogens is 696 g/mol. The molecule has 0 spiro atoms. The van der Waals surface area contributed by atoms with E-state index in [0.717, 1.165) is 0 Å². The maximum Gasteiger partial charge on any atom is 0.243 e. The highest BCUT2D eigenvalue weighted by Gasteiger charge is 2.27. The van der Waals surface area contributed by atoms with Crippen molar-refractivity contribution in [1.29, 1.82) is 0 Å². The zero-order valence-corrected chi connectivity index (χ0v) is 30.2. The normalized spacial score (nSPS) is 12.6. The topological polar surface area (TPSA) is 411 Å². The molecule has 0 fully saturated rings. The molecule has 0 radical (unpaired) electrons. The van der Waals surface area contributed by atoms with Crippen molar-refractivity contribution >= 4 is 59.6 Å². The van der Waals surface area contributed by atoms with E-state index in [4.69, 9.17) is 40.1 Å². The number of nitrogens with zero attached hydrogens (tertiary/aromatic N) is 3. The van der Waals surface area contributed by atoms with Crippen molar-refractivity contribution in [2.24, 2.45) is 55.1 Å². The quantitative estimate of drug-likeness (QED) is 0.0153. The molecule has 0 aliphatic carbocycles. The van der Waals surface area contributed by atoms with Crippen molar-refractivity contribution in [3.8, 4) is 0 Å². The van der Waals surface area contributed by atoms with Gasteiger partial charge in [-0.05, 0) is 64.3 Å². The Hall–Kier alpha value is -5.74. The monoisotopic (exact) mass is 754 g/mol. The van der Waals surface area contributed by atoms with E-state index in [2.05, 4.69) is 46.9 Å². The highest BCUT2D eigenvalue weighted by molar-refractivity contribution is 5.95. The van der Waals surface area contributed by atoms with Crippen LogP contribution in [0.1, 0.15) is 64.7 Å². The number of aldehydes is 1. The SMILES string of the molecule is CC(=O)N[C@@H](CCCCN)C(=O)N[C@@H](CCCN=C(N)N)C(=O)NCC(=O)N[C@@H](CCCN=C(N)N)C(=O)NCC(=O)N[C@H](C=O)CCCN=C(N)N. The summed E-state index contributed by atoms with van der Waals surface area (Å²) < 4.78 is 0. The Morgan fingerprint density at radius 1 is 0.547 bits per heavy atom. The molecule has 300 valence electrons. The third-order valence-corrected chi connectivity index (χ3v) is 7.14. The van der Waals surface area contributed by atoms with Crippen LogP contribution in [0, 0.1) is 0 Å². The van der Waals surface area contributed by atoms with Crippen LogP contribution in [-0.2, 0) is 33.6 Å². The summed E-state index contributed by atoms with van der Waals surface area (Å²) >= 11 is 0. The van der Waals surface area contributed by atoms with Gasteiger partial charge in [-0.2, -0.15) is 0 Å². The number of hydrogen-bond acceptors (Lipinski definition) is 11. The first-order valence-corrected chi connectivity index (χ1v) is 17.1. The second-order valence-corrected chi connectivity index (χ2v) is 11.8. The number of aliphatic imine (C=N–C) groups is 3. The largest absolute Gasteiger partial charge is 0.370 e. The molecule has 0 heterocycles. The molecule has 0 aromatic rings. The molecule has 4 atom stereocenters. The molecule has 0 rings (SSSR count). The fourth-order valence-electron chi connectivity index (χ4n) is 4.60. The van der Waals surface area contributed by atoms with Crippen molar-refractivity contribution in [3.63, 3.8) is 0 Å². The fourth-order valence-corrected chi connectivity index (χ4v) is 4.60. The second-order valence-electron chi connectivity index (χ2n) is 11.8. The van der Waals surface area contributed by atoms with E-state index in [1.807, 2.05) is 0 Å². The van der Waals surface area contributed by atoms with Gasteiger partial charge in [0, 0.05) is 26.6 Å². The van der Waals surface area contributed by atoms with E-state index in [-0.39, 0.29) is 76.0 Å². The van der Waals surface area contributed by atoms with Crippen LogP contribution < -0.4 is 72.0 Å². The zero-order valence-electron chi connectivity index (χ0n) is 30.2. The lowest BCUT2D eigenvalue weighted by molar-refractivity contribution is -0.133. The number of nitrogens with two attached hydrogens (primary N) is 7. The first kappa shape index (κ1) is 47.3. The molecule has 0 aromatic heterocycles. The van der Waals surface area contributed by atoms with E-state index in [1.54, 1.807) is 0 Å². The smallest absolute Gasteiger partial charge is 0.243 e. The predicted molar refractivity (Wildman–Crippen MR) is 198 cm³/mol. The molecule has 0 aliphatic rings. The van der Waals surface area contributed by atoms with Crippen LogP contribution in [0.2, 0.25) is 0 Å². The van der Waals surface area contributed by atoms with Gasteiger partial charge in [0.15, 0.2) is 17.9 Å². The first-order valence-electron chi connectivity index (χ1n) is 17.1. The Morgan fingerprint density at radius 3 is 1.40 bits per heavy atom. The zero-order chi connectivity index (χ0) is 40.2. The minimum Gasteiger partial charge on any atom is -0.370 e. The molecule has 0 bridgehead atoms. The van der Waals surface area contributed by atoms with Crippen LogP contribution in [0.4, 0.5) is 0 Å². The van der Waals surface area contributed by atoms with E-state index >= 15 is 0 Å². The van der Waals surface area contributed by atoms with Crippen molar-refractivity contribution in [1.82, 2.24) is 31.9 Å². The summed E-state index contributed by atoms with van der Waals surface area (Å²) in [6, 6.07) is -4.10. The molecule has 6 amide bonds. The summed E-state index contributed by atoms with van der Waals surface area (Å²) in [5.41, 5.74) is 37.5. The van der Waals surface area contributed by atoms with Crippen molar-refractivity contribution in [3.05, 3.63) is 0 Å². The minimum atomic E-state index is -1.18.